The molecule has 0 fully saturated rings. The predicted molar refractivity (Wildman–Crippen MR) is 73.5 cm³/mol. The van der Waals surface area contributed by atoms with Gasteiger partial charge in [-0.2, -0.15) is 0 Å². The molecule has 0 saturated heterocycles. The summed E-state index contributed by atoms with van der Waals surface area (Å²) in [6, 6.07) is 4.93. The van der Waals surface area contributed by atoms with E-state index in [1.54, 1.807) is 18.5 Å². The van der Waals surface area contributed by atoms with Gasteiger partial charge in [0, 0.05) is 30.2 Å². The van der Waals surface area contributed by atoms with Crippen LogP contribution in [0.3, 0.4) is 0 Å². The first-order valence-electron chi connectivity index (χ1n) is 6.18. The number of nitrogens with one attached hydrogen (secondary N) is 1. The summed E-state index contributed by atoms with van der Waals surface area (Å²) in [7, 11) is 0. The van der Waals surface area contributed by atoms with Crippen molar-refractivity contribution >= 4 is 5.69 Å². The summed E-state index contributed by atoms with van der Waals surface area (Å²) in [5, 5.41) is 0. The van der Waals surface area contributed by atoms with E-state index in [2.05, 4.69) is 10.4 Å². The van der Waals surface area contributed by atoms with Crippen LogP contribution in [0.25, 0.3) is 0 Å². The molecule has 1 atom stereocenters. The third-order valence-electron chi connectivity index (χ3n) is 3.05. The van der Waals surface area contributed by atoms with Gasteiger partial charge in [-0.1, -0.05) is 0 Å². The van der Waals surface area contributed by atoms with Crippen LogP contribution in [-0.4, -0.2) is 11.0 Å². The van der Waals surface area contributed by atoms with Crippen molar-refractivity contribution in [1.82, 2.24) is 10.4 Å². The Bertz CT molecular complexity index is 569. The highest BCUT2D eigenvalue weighted by Crippen LogP contribution is 2.15. The number of pyridine rings is 1. The number of hydrogen-bond donors (Lipinski definition) is 3. The molecule has 1 aromatic heterocycles. The molecular weight excluding hydrogens is 262 g/mol. The van der Waals surface area contributed by atoms with E-state index in [1.165, 1.54) is 12.1 Å². The van der Waals surface area contributed by atoms with Crippen molar-refractivity contribution in [3.05, 3.63) is 59.4 Å². The monoisotopic (exact) mass is 278 g/mol. The average molecular weight is 278 g/mol. The number of aromatic nitrogens is 1. The van der Waals surface area contributed by atoms with Crippen LogP contribution in [0.15, 0.2) is 36.7 Å². The molecule has 4 nitrogen and oxygen atoms in total. The Labute approximate surface area is 115 Å². The maximum atomic E-state index is 13.2. The molecule has 0 aliphatic heterocycles. The molecule has 0 radical (unpaired) electrons. The Morgan fingerprint density at radius 3 is 2.45 bits per heavy atom. The molecule has 1 heterocycles. The fourth-order valence-corrected chi connectivity index (χ4v) is 2.08. The van der Waals surface area contributed by atoms with E-state index in [0.717, 1.165) is 11.6 Å². The van der Waals surface area contributed by atoms with Gasteiger partial charge in [-0.3, -0.25) is 16.3 Å². The van der Waals surface area contributed by atoms with Gasteiger partial charge in [-0.05, 0) is 42.2 Å². The molecule has 6 heteroatoms. The highest BCUT2D eigenvalue weighted by molar-refractivity contribution is 5.44. The molecular formula is C14H16F2N4. The molecule has 0 amide bonds. The van der Waals surface area contributed by atoms with E-state index < -0.39 is 11.6 Å². The predicted octanol–water partition coefficient (Wildman–Crippen LogP) is 1.56. The number of anilines is 1. The smallest absolute Gasteiger partial charge is 0.126 e. The first kappa shape index (κ1) is 14.4. The second-order valence-corrected chi connectivity index (χ2v) is 4.62. The van der Waals surface area contributed by atoms with E-state index >= 15 is 0 Å². The van der Waals surface area contributed by atoms with E-state index in [4.69, 9.17) is 11.6 Å². The Hall–Kier alpha value is -2.05. The van der Waals surface area contributed by atoms with Crippen LogP contribution in [0.4, 0.5) is 14.5 Å². The summed E-state index contributed by atoms with van der Waals surface area (Å²) in [5.74, 6) is 4.30. The highest BCUT2D eigenvalue weighted by atomic mass is 19.1. The molecule has 0 aliphatic rings. The van der Waals surface area contributed by atoms with Crippen molar-refractivity contribution in [1.29, 1.82) is 0 Å². The molecule has 0 bridgehead atoms. The third-order valence-corrected chi connectivity index (χ3v) is 3.05. The van der Waals surface area contributed by atoms with Gasteiger partial charge in [0.25, 0.3) is 0 Å². The molecule has 0 spiro atoms. The number of rotatable bonds is 5. The number of nitrogens with two attached hydrogens (primary N) is 2. The minimum absolute atomic E-state index is 0.192. The van der Waals surface area contributed by atoms with Crippen molar-refractivity contribution in [2.24, 2.45) is 5.84 Å². The number of benzene rings is 1. The molecule has 0 saturated carbocycles. The number of nitrogen functional groups attached to an aromatic ring is 1. The molecule has 106 valence electrons. The second-order valence-electron chi connectivity index (χ2n) is 4.62. The summed E-state index contributed by atoms with van der Waals surface area (Å²) < 4.78 is 26.3. The summed E-state index contributed by atoms with van der Waals surface area (Å²) in [5.41, 5.74) is 10.5. The molecule has 2 aromatic rings. The second kappa shape index (κ2) is 6.40. The van der Waals surface area contributed by atoms with Gasteiger partial charge in [0.2, 0.25) is 0 Å². The Balaban J connectivity index is 2.11. The Kier molecular flexibility index (Phi) is 4.60. The lowest BCUT2D eigenvalue weighted by atomic mass is 9.99. The van der Waals surface area contributed by atoms with Crippen LogP contribution in [0.5, 0.6) is 0 Å². The van der Waals surface area contributed by atoms with Crippen LogP contribution < -0.4 is 17.0 Å². The van der Waals surface area contributed by atoms with Crippen molar-refractivity contribution in [2.75, 3.05) is 5.73 Å². The first-order chi connectivity index (χ1) is 9.58. The normalized spacial score (nSPS) is 12.3. The van der Waals surface area contributed by atoms with Gasteiger partial charge in [-0.25, -0.2) is 8.78 Å². The maximum Gasteiger partial charge on any atom is 0.126 e. The van der Waals surface area contributed by atoms with E-state index in [-0.39, 0.29) is 6.04 Å². The lowest BCUT2D eigenvalue weighted by Gasteiger charge is -2.17. The van der Waals surface area contributed by atoms with Crippen LogP contribution in [0.2, 0.25) is 0 Å². The van der Waals surface area contributed by atoms with Gasteiger partial charge in [0.15, 0.2) is 0 Å². The van der Waals surface area contributed by atoms with Gasteiger partial charge < -0.3 is 5.73 Å². The van der Waals surface area contributed by atoms with Gasteiger partial charge in [0.1, 0.15) is 11.6 Å². The van der Waals surface area contributed by atoms with Crippen LogP contribution in [0, 0.1) is 11.6 Å². The van der Waals surface area contributed by atoms with Crippen molar-refractivity contribution in [2.45, 2.75) is 18.9 Å². The van der Waals surface area contributed by atoms with Crippen LogP contribution in [0.1, 0.15) is 11.1 Å². The Morgan fingerprint density at radius 1 is 1.15 bits per heavy atom. The maximum absolute atomic E-state index is 13.2. The Morgan fingerprint density at radius 2 is 1.85 bits per heavy atom. The number of hydrogen-bond acceptors (Lipinski definition) is 4. The minimum atomic E-state index is -0.600. The number of hydrazine groups is 1. The number of nitrogens with zero attached hydrogens (tertiary/aromatic N) is 1. The molecule has 1 unspecified atom stereocenters. The third kappa shape index (κ3) is 3.72. The first-order valence-corrected chi connectivity index (χ1v) is 6.18. The van der Waals surface area contributed by atoms with Crippen LogP contribution >= 0.6 is 0 Å². The van der Waals surface area contributed by atoms with E-state index in [9.17, 15) is 8.78 Å². The lowest BCUT2D eigenvalue weighted by molar-refractivity contribution is 0.516. The zero-order chi connectivity index (χ0) is 14.5. The molecule has 5 N–H and O–H groups in total. The minimum Gasteiger partial charge on any atom is -0.398 e. The molecule has 2 rings (SSSR count). The van der Waals surface area contributed by atoms with Crippen molar-refractivity contribution in [3.8, 4) is 0 Å². The topological polar surface area (TPSA) is 77.0 Å². The fourth-order valence-electron chi connectivity index (χ4n) is 2.08. The van der Waals surface area contributed by atoms with Crippen LogP contribution in [-0.2, 0) is 12.8 Å². The average Bonchev–Trinajstić information content (AvgIpc) is 2.39. The molecule has 1 aromatic carbocycles. The zero-order valence-electron chi connectivity index (χ0n) is 10.8. The van der Waals surface area contributed by atoms with E-state index in [1.807, 2.05) is 0 Å². The van der Waals surface area contributed by atoms with Crippen molar-refractivity contribution in [3.63, 3.8) is 0 Å². The number of halogens is 2. The lowest BCUT2D eigenvalue weighted by Crippen LogP contribution is -2.38. The van der Waals surface area contributed by atoms with Gasteiger partial charge >= 0.3 is 0 Å². The summed E-state index contributed by atoms with van der Waals surface area (Å²) in [6.07, 6.45) is 4.17. The highest BCUT2D eigenvalue weighted by Gasteiger charge is 2.12. The quantitative estimate of drug-likeness (QED) is 0.573. The molecule has 20 heavy (non-hydrogen) atoms. The van der Waals surface area contributed by atoms with Gasteiger partial charge in [-0.15, -0.1) is 0 Å². The summed E-state index contributed by atoms with van der Waals surface area (Å²) in [6.45, 7) is 0. The summed E-state index contributed by atoms with van der Waals surface area (Å²) >= 11 is 0. The van der Waals surface area contributed by atoms with Crippen molar-refractivity contribution < 1.29 is 8.78 Å². The van der Waals surface area contributed by atoms with Gasteiger partial charge in [0.05, 0.1) is 0 Å². The molecule has 0 aliphatic carbocycles. The van der Waals surface area contributed by atoms with E-state index in [0.29, 0.717) is 24.1 Å². The zero-order valence-corrected chi connectivity index (χ0v) is 10.8. The fraction of sp³-hybridized carbons (Fsp3) is 0.214. The standard InChI is InChI=1S/C14H16F2N4/c15-11-3-9(4-12(16)7-11)5-13(20-18)6-10-8-19-2-1-14(10)17/h1-4,7-8,13,20H,5-6,18H2,(H2,17,19). The SMILES string of the molecule is NNC(Cc1cc(F)cc(F)c1)Cc1cnccc1N. The summed E-state index contributed by atoms with van der Waals surface area (Å²) in [4.78, 5) is 4.00. The largest absolute Gasteiger partial charge is 0.398 e.